The summed E-state index contributed by atoms with van der Waals surface area (Å²) in [6.07, 6.45) is -3.03. The minimum absolute atomic E-state index is 0.0703. The Labute approximate surface area is 154 Å². The van der Waals surface area contributed by atoms with Gasteiger partial charge in [0.05, 0.1) is 5.56 Å². The Hall–Kier alpha value is -3.09. The zero-order valence-electron chi connectivity index (χ0n) is 14.9. The largest absolute Gasteiger partial charge is 0.433 e. The maximum Gasteiger partial charge on any atom is 0.433 e. The second kappa shape index (κ2) is 7.26. The quantitative estimate of drug-likeness (QED) is 0.812. The Morgan fingerprint density at radius 1 is 1.07 bits per heavy atom. The molecular weight excluding hydrogens is 359 g/mol. The van der Waals surface area contributed by atoms with E-state index in [9.17, 15) is 13.2 Å². The molecule has 142 valence electrons. The Bertz CT molecular complexity index is 835. The van der Waals surface area contributed by atoms with Crippen LogP contribution in [-0.2, 0) is 6.18 Å². The molecule has 0 N–H and O–H groups in total. The molecule has 2 aromatic heterocycles. The molecule has 0 unspecified atom stereocenters. The Balaban J connectivity index is 1.77. The van der Waals surface area contributed by atoms with Crippen molar-refractivity contribution in [2.75, 3.05) is 55.0 Å². The lowest BCUT2D eigenvalue weighted by Gasteiger charge is -2.35. The van der Waals surface area contributed by atoms with Gasteiger partial charge in [-0.1, -0.05) is 0 Å². The highest BCUT2D eigenvalue weighted by Crippen LogP contribution is 2.31. The van der Waals surface area contributed by atoms with Crippen LogP contribution >= 0.6 is 0 Å². The molecule has 0 saturated carbocycles. The third kappa shape index (κ3) is 4.19. The maximum absolute atomic E-state index is 13.2. The minimum Gasteiger partial charge on any atom is -0.363 e. The van der Waals surface area contributed by atoms with E-state index in [1.54, 1.807) is 31.1 Å². The highest BCUT2D eigenvalue weighted by molar-refractivity contribution is 5.48. The number of hydrogen-bond donors (Lipinski definition) is 0. The lowest BCUT2D eigenvalue weighted by Crippen LogP contribution is -2.47. The Morgan fingerprint density at radius 3 is 2.26 bits per heavy atom. The normalized spacial score (nSPS) is 14.8. The maximum atomic E-state index is 13.2. The van der Waals surface area contributed by atoms with Gasteiger partial charge in [-0.05, 0) is 12.1 Å². The fraction of sp³-hybridized carbons (Fsp3) is 0.412. The van der Waals surface area contributed by atoms with Gasteiger partial charge < -0.3 is 14.7 Å². The average Bonchev–Trinajstić information content (AvgIpc) is 2.67. The summed E-state index contributed by atoms with van der Waals surface area (Å²) in [5, 5.41) is 8.83. The molecule has 7 nitrogen and oxygen atoms in total. The van der Waals surface area contributed by atoms with Crippen LogP contribution in [0.15, 0.2) is 24.4 Å². The van der Waals surface area contributed by atoms with Crippen molar-refractivity contribution in [2.45, 2.75) is 6.18 Å². The predicted octanol–water partition coefficient (Wildman–Crippen LogP) is 2.15. The molecule has 0 bridgehead atoms. The number of nitriles is 1. The van der Waals surface area contributed by atoms with Crippen molar-refractivity contribution >= 4 is 17.6 Å². The predicted molar refractivity (Wildman–Crippen MR) is 94.7 cm³/mol. The summed E-state index contributed by atoms with van der Waals surface area (Å²) in [7, 11) is 3.28. The topological polar surface area (TPSA) is 72.2 Å². The molecule has 0 amide bonds. The van der Waals surface area contributed by atoms with Crippen molar-refractivity contribution in [1.82, 2.24) is 15.0 Å². The number of piperazine rings is 1. The van der Waals surface area contributed by atoms with Crippen LogP contribution in [0.5, 0.6) is 0 Å². The number of nitrogens with zero attached hydrogens (tertiary/aromatic N) is 7. The molecule has 2 aromatic rings. The molecule has 3 heterocycles. The first-order valence-electron chi connectivity index (χ1n) is 8.27. The fourth-order valence-corrected chi connectivity index (χ4v) is 2.71. The van der Waals surface area contributed by atoms with Gasteiger partial charge in [0.2, 0.25) is 5.95 Å². The van der Waals surface area contributed by atoms with E-state index in [4.69, 9.17) is 5.26 Å². The van der Waals surface area contributed by atoms with Crippen molar-refractivity contribution in [1.29, 1.82) is 5.26 Å². The van der Waals surface area contributed by atoms with Gasteiger partial charge in [-0.15, -0.1) is 0 Å². The van der Waals surface area contributed by atoms with Crippen LogP contribution in [0, 0.1) is 11.3 Å². The third-order valence-electron chi connectivity index (χ3n) is 4.21. The summed E-state index contributed by atoms with van der Waals surface area (Å²) < 4.78 is 39.5. The first-order chi connectivity index (χ1) is 12.8. The Morgan fingerprint density at radius 2 is 1.74 bits per heavy atom. The van der Waals surface area contributed by atoms with Crippen LogP contribution < -0.4 is 14.7 Å². The van der Waals surface area contributed by atoms with Gasteiger partial charge in [0, 0.05) is 52.5 Å². The zero-order chi connectivity index (χ0) is 19.6. The number of pyridine rings is 1. The van der Waals surface area contributed by atoms with Crippen molar-refractivity contribution < 1.29 is 13.2 Å². The number of halogens is 3. The molecule has 10 heteroatoms. The zero-order valence-corrected chi connectivity index (χ0v) is 14.9. The van der Waals surface area contributed by atoms with Crippen molar-refractivity contribution in [2.24, 2.45) is 0 Å². The van der Waals surface area contributed by atoms with E-state index in [0.29, 0.717) is 31.7 Å². The van der Waals surface area contributed by atoms with Crippen LogP contribution in [0.1, 0.15) is 11.3 Å². The fourth-order valence-electron chi connectivity index (χ4n) is 2.71. The monoisotopic (exact) mass is 377 g/mol. The van der Waals surface area contributed by atoms with Gasteiger partial charge >= 0.3 is 6.18 Å². The van der Waals surface area contributed by atoms with Gasteiger partial charge in [0.1, 0.15) is 17.7 Å². The summed E-state index contributed by atoms with van der Waals surface area (Å²) in [5.74, 6) is 1.01. The molecule has 0 atom stereocenters. The molecule has 0 aliphatic carbocycles. The van der Waals surface area contributed by atoms with Crippen LogP contribution in [0.25, 0.3) is 0 Å². The van der Waals surface area contributed by atoms with Crippen LogP contribution in [0.4, 0.5) is 30.8 Å². The van der Waals surface area contributed by atoms with E-state index in [2.05, 4.69) is 15.0 Å². The molecule has 0 radical (unpaired) electrons. The van der Waals surface area contributed by atoms with E-state index in [-0.39, 0.29) is 11.8 Å². The van der Waals surface area contributed by atoms with E-state index >= 15 is 0 Å². The molecular formula is C17H18F3N7. The summed E-state index contributed by atoms with van der Waals surface area (Å²) in [6, 6.07) is 6.41. The van der Waals surface area contributed by atoms with E-state index < -0.39 is 11.9 Å². The highest BCUT2D eigenvalue weighted by atomic mass is 19.4. The smallest absolute Gasteiger partial charge is 0.363 e. The van der Waals surface area contributed by atoms with Crippen LogP contribution in [-0.4, -0.2) is 55.2 Å². The van der Waals surface area contributed by atoms with Crippen molar-refractivity contribution in [3.05, 3.63) is 35.7 Å². The van der Waals surface area contributed by atoms with E-state index in [1.807, 2.05) is 11.0 Å². The standard InChI is InChI=1S/C17H18F3N7/c1-25(2)15-9-13(17(18,19)20)23-16(24-15)27-7-5-26(6-8-27)14-4-3-12(10-21)11-22-14/h3-4,9,11H,5-8H2,1-2H3. The van der Waals surface area contributed by atoms with E-state index in [1.165, 1.54) is 11.1 Å². The summed E-state index contributed by atoms with van der Waals surface area (Å²) >= 11 is 0. The first kappa shape index (κ1) is 18.7. The summed E-state index contributed by atoms with van der Waals surface area (Å²) in [5.41, 5.74) is -0.474. The SMILES string of the molecule is CN(C)c1cc(C(F)(F)F)nc(N2CCN(c3ccc(C#N)cn3)CC2)n1. The van der Waals surface area contributed by atoms with Gasteiger partial charge in [0.15, 0.2) is 5.69 Å². The summed E-state index contributed by atoms with van der Waals surface area (Å²) in [6.45, 7) is 2.07. The van der Waals surface area contributed by atoms with Crippen LogP contribution in [0.2, 0.25) is 0 Å². The molecule has 1 fully saturated rings. The van der Waals surface area contributed by atoms with E-state index in [0.717, 1.165) is 11.9 Å². The summed E-state index contributed by atoms with van der Waals surface area (Å²) in [4.78, 5) is 17.5. The minimum atomic E-state index is -4.53. The number of anilines is 3. The third-order valence-corrected chi connectivity index (χ3v) is 4.21. The molecule has 0 spiro atoms. The Kier molecular flexibility index (Phi) is 5.03. The number of aromatic nitrogens is 3. The number of hydrogen-bond acceptors (Lipinski definition) is 7. The van der Waals surface area contributed by atoms with Gasteiger partial charge in [-0.3, -0.25) is 0 Å². The molecule has 27 heavy (non-hydrogen) atoms. The highest BCUT2D eigenvalue weighted by Gasteiger charge is 2.35. The second-order valence-corrected chi connectivity index (χ2v) is 6.29. The molecule has 1 aliphatic heterocycles. The average molecular weight is 377 g/mol. The molecule has 0 aromatic carbocycles. The van der Waals surface area contributed by atoms with Gasteiger partial charge in [0.25, 0.3) is 0 Å². The lowest BCUT2D eigenvalue weighted by atomic mass is 10.2. The lowest BCUT2D eigenvalue weighted by molar-refractivity contribution is -0.141. The van der Waals surface area contributed by atoms with Crippen LogP contribution in [0.3, 0.4) is 0 Å². The molecule has 1 aliphatic rings. The van der Waals surface area contributed by atoms with Crippen molar-refractivity contribution in [3.8, 4) is 6.07 Å². The first-order valence-corrected chi connectivity index (χ1v) is 8.27. The second-order valence-electron chi connectivity index (χ2n) is 6.29. The number of rotatable bonds is 3. The number of alkyl halides is 3. The molecule has 1 saturated heterocycles. The van der Waals surface area contributed by atoms with Crippen molar-refractivity contribution in [3.63, 3.8) is 0 Å². The molecule has 3 rings (SSSR count). The van der Waals surface area contributed by atoms with Gasteiger partial charge in [-0.2, -0.15) is 23.4 Å². The van der Waals surface area contributed by atoms with Gasteiger partial charge in [-0.25, -0.2) is 9.97 Å².